The minimum absolute atomic E-state index is 0.122. The van der Waals surface area contributed by atoms with E-state index in [0.717, 1.165) is 18.8 Å². The molecule has 0 unspecified atom stereocenters. The van der Waals surface area contributed by atoms with Gasteiger partial charge in [-0.3, -0.25) is 4.79 Å². The highest BCUT2D eigenvalue weighted by Gasteiger charge is 2.12. The monoisotopic (exact) mass is 300 g/mol. The summed E-state index contributed by atoms with van der Waals surface area (Å²) in [5.74, 6) is 0.422. The number of rotatable bonds is 4. The molecule has 7 nitrogen and oxygen atoms in total. The lowest BCUT2D eigenvalue weighted by Crippen LogP contribution is -2.29. The molecule has 1 aromatic carbocycles. The van der Waals surface area contributed by atoms with Crippen LogP contribution in [0.15, 0.2) is 24.3 Å². The van der Waals surface area contributed by atoms with Crippen LogP contribution in [0.3, 0.4) is 0 Å². The van der Waals surface area contributed by atoms with E-state index >= 15 is 0 Å². The molecule has 7 heteroatoms. The van der Waals surface area contributed by atoms with Gasteiger partial charge in [0.05, 0.1) is 6.42 Å². The van der Waals surface area contributed by atoms with Crippen LogP contribution in [0.5, 0.6) is 0 Å². The number of aromatic nitrogens is 4. The van der Waals surface area contributed by atoms with Gasteiger partial charge in [-0.15, -0.1) is 5.10 Å². The van der Waals surface area contributed by atoms with Crippen LogP contribution in [0.1, 0.15) is 25.1 Å². The summed E-state index contributed by atoms with van der Waals surface area (Å²) in [7, 11) is 1.72. The molecular formula is C15H20N6O. The van der Waals surface area contributed by atoms with E-state index in [1.165, 1.54) is 29.6 Å². The number of nitrogens with one attached hydrogen (secondary N) is 1. The van der Waals surface area contributed by atoms with Gasteiger partial charge in [-0.25, -0.2) is 4.68 Å². The smallest absolute Gasteiger partial charge is 0.232 e. The number of carbonyl (C=O) groups is 1. The number of carbonyl (C=O) groups excluding carboxylic acids is 1. The van der Waals surface area contributed by atoms with Crippen LogP contribution in [-0.4, -0.2) is 39.2 Å². The molecule has 1 aliphatic rings. The molecule has 0 saturated carbocycles. The van der Waals surface area contributed by atoms with Crippen molar-refractivity contribution in [3.8, 4) is 0 Å². The molecule has 22 heavy (non-hydrogen) atoms. The summed E-state index contributed by atoms with van der Waals surface area (Å²) in [5, 5.41) is 13.9. The molecule has 2 aromatic rings. The second-order valence-electron chi connectivity index (χ2n) is 5.54. The number of hydrogen-bond acceptors (Lipinski definition) is 5. The summed E-state index contributed by atoms with van der Waals surface area (Å²) < 4.78 is 1.50. The molecule has 0 radical (unpaired) electrons. The van der Waals surface area contributed by atoms with Gasteiger partial charge in [0.1, 0.15) is 0 Å². The lowest BCUT2D eigenvalue weighted by Gasteiger charge is -2.28. The predicted molar refractivity (Wildman–Crippen MR) is 83.6 cm³/mol. The lowest BCUT2D eigenvalue weighted by molar-refractivity contribution is -0.115. The van der Waals surface area contributed by atoms with Gasteiger partial charge in [0.15, 0.2) is 5.82 Å². The number of nitrogens with zero attached hydrogens (tertiary/aromatic N) is 5. The van der Waals surface area contributed by atoms with Gasteiger partial charge in [0, 0.05) is 31.5 Å². The van der Waals surface area contributed by atoms with E-state index in [9.17, 15) is 4.79 Å². The van der Waals surface area contributed by atoms with Gasteiger partial charge in [-0.2, -0.15) is 0 Å². The van der Waals surface area contributed by atoms with Crippen LogP contribution in [0, 0.1) is 0 Å². The Balaban J connectivity index is 1.58. The minimum Gasteiger partial charge on any atom is -0.372 e. The molecular weight excluding hydrogens is 280 g/mol. The summed E-state index contributed by atoms with van der Waals surface area (Å²) in [4.78, 5) is 14.4. The number of aryl methyl sites for hydroxylation is 1. The quantitative estimate of drug-likeness (QED) is 0.923. The zero-order valence-electron chi connectivity index (χ0n) is 12.7. The van der Waals surface area contributed by atoms with E-state index < -0.39 is 0 Å². The van der Waals surface area contributed by atoms with E-state index in [1.807, 2.05) is 12.1 Å². The van der Waals surface area contributed by atoms with Crippen molar-refractivity contribution in [1.82, 2.24) is 20.2 Å². The van der Waals surface area contributed by atoms with Crippen molar-refractivity contribution in [2.75, 3.05) is 23.3 Å². The molecule has 0 spiro atoms. The molecule has 0 aliphatic carbocycles. The molecule has 1 fully saturated rings. The molecule has 1 N–H and O–H groups in total. The maximum absolute atomic E-state index is 12.0. The summed E-state index contributed by atoms with van der Waals surface area (Å²) in [6.07, 6.45) is 3.99. The Morgan fingerprint density at radius 3 is 2.55 bits per heavy atom. The van der Waals surface area contributed by atoms with Gasteiger partial charge < -0.3 is 10.2 Å². The highest BCUT2D eigenvalue weighted by Crippen LogP contribution is 2.21. The summed E-state index contributed by atoms with van der Waals surface area (Å²) in [6, 6.07) is 8.00. The molecule has 3 rings (SSSR count). The Morgan fingerprint density at radius 1 is 1.18 bits per heavy atom. The highest BCUT2D eigenvalue weighted by molar-refractivity contribution is 5.92. The number of benzene rings is 1. The Morgan fingerprint density at radius 2 is 1.91 bits per heavy atom. The molecule has 1 saturated heterocycles. The first-order chi connectivity index (χ1) is 10.7. The van der Waals surface area contributed by atoms with E-state index in [-0.39, 0.29) is 12.3 Å². The minimum atomic E-state index is -0.122. The van der Waals surface area contributed by atoms with Crippen LogP contribution in [-0.2, 0) is 18.3 Å². The van der Waals surface area contributed by atoms with Crippen molar-refractivity contribution >= 4 is 17.3 Å². The Hall–Kier alpha value is -2.44. The van der Waals surface area contributed by atoms with Gasteiger partial charge >= 0.3 is 0 Å². The van der Waals surface area contributed by atoms with Crippen LogP contribution in [0.2, 0.25) is 0 Å². The van der Waals surface area contributed by atoms with Crippen molar-refractivity contribution < 1.29 is 4.79 Å². The first-order valence-electron chi connectivity index (χ1n) is 7.58. The summed E-state index contributed by atoms with van der Waals surface area (Å²) in [5.41, 5.74) is 2.01. The van der Waals surface area contributed by atoms with E-state index in [2.05, 4.69) is 37.9 Å². The summed E-state index contributed by atoms with van der Waals surface area (Å²) in [6.45, 7) is 2.23. The van der Waals surface area contributed by atoms with Crippen molar-refractivity contribution in [3.05, 3.63) is 30.1 Å². The molecule has 1 aromatic heterocycles. The SMILES string of the molecule is Cn1nnnc1CC(=O)Nc1ccc(N2CCCCC2)cc1. The van der Waals surface area contributed by atoms with E-state index in [0.29, 0.717) is 5.82 Å². The fourth-order valence-electron chi connectivity index (χ4n) is 2.65. The normalized spacial score (nSPS) is 14.9. The Kier molecular flexibility index (Phi) is 4.32. The third-order valence-electron chi connectivity index (χ3n) is 3.90. The molecule has 0 atom stereocenters. The molecule has 0 bridgehead atoms. The number of hydrogen-bond donors (Lipinski definition) is 1. The Labute approximate surface area is 129 Å². The molecule has 116 valence electrons. The number of piperidine rings is 1. The number of amides is 1. The second-order valence-corrected chi connectivity index (χ2v) is 5.54. The zero-order chi connectivity index (χ0) is 15.4. The largest absolute Gasteiger partial charge is 0.372 e. The maximum atomic E-state index is 12.0. The Bertz CT molecular complexity index is 630. The van der Waals surface area contributed by atoms with Crippen LogP contribution in [0.25, 0.3) is 0 Å². The topological polar surface area (TPSA) is 75.9 Å². The average Bonchev–Trinajstić information content (AvgIpc) is 2.94. The number of anilines is 2. The maximum Gasteiger partial charge on any atom is 0.232 e. The summed E-state index contributed by atoms with van der Waals surface area (Å²) >= 11 is 0. The standard InChI is InChI=1S/C15H20N6O/c1-20-14(17-18-19-20)11-15(22)16-12-5-7-13(8-6-12)21-9-3-2-4-10-21/h5-8H,2-4,9-11H2,1H3,(H,16,22). The average molecular weight is 300 g/mol. The molecule has 1 aliphatic heterocycles. The van der Waals surface area contributed by atoms with Crippen molar-refractivity contribution in [3.63, 3.8) is 0 Å². The second kappa shape index (κ2) is 6.55. The molecule has 1 amide bonds. The van der Waals surface area contributed by atoms with Gasteiger partial charge in [-0.1, -0.05) is 0 Å². The van der Waals surface area contributed by atoms with E-state index in [4.69, 9.17) is 0 Å². The first kappa shape index (κ1) is 14.5. The first-order valence-corrected chi connectivity index (χ1v) is 7.58. The highest BCUT2D eigenvalue weighted by atomic mass is 16.1. The fraction of sp³-hybridized carbons (Fsp3) is 0.467. The van der Waals surface area contributed by atoms with Crippen LogP contribution >= 0.6 is 0 Å². The third-order valence-corrected chi connectivity index (χ3v) is 3.90. The van der Waals surface area contributed by atoms with Gasteiger partial charge in [-0.05, 0) is 54.0 Å². The van der Waals surface area contributed by atoms with Crippen molar-refractivity contribution in [2.45, 2.75) is 25.7 Å². The number of tetrazole rings is 1. The predicted octanol–water partition coefficient (Wildman–Crippen LogP) is 1.38. The lowest BCUT2D eigenvalue weighted by atomic mass is 10.1. The van der Waals surface area contributed by atoms with Gasteiger partial charge in [0.25, 0.3) is 0 Å². The fourth-order valence-corrected chi connectivity index (χ4v) is 2.65. The van der Waals surface area contributed by atoms with Crippen molar-refractivity contribution in [2.24, 2.45) is 7.05 Å². The zero-order valence-corrected chi connectivity index (χ0v) is 12.7. The molecule has 2 heterocycles. The van der Waals surface area contributed by atoms with Crippen LogP contribution < -0.4 is 10.2 Å². The van der Waals surface area contributed by atoms with Crippen LogP contribution in [0.4, 0.5) is 11.4 Å². The van der Waals surface area contributed by atoms with Crippen molar-refractivity contribution in [1.29, 1.82) is 0 Å². The van der Waals surface area contributed by atoms with Gasteiger partial charge in [0.2, 0.25) is 5.91 Å². The van der Waals surface area contributed by atoms with E-state index in [1.54, 1.807) is 7.05 Å². The third kappa shape index (κ3) is 3.41.